The summed E-state index contributed by atoms with van der Waals surface area (Å²) in [5, 5.41) is 3.06. The van der Waals surface area contributed by atoms with Crippen LogP contribution in [0.2, 0.25) is 0 Å². The molecule has 2 aromatic rings. The summed E-state index contributed by atoms with van der Waals surface area (Å²) in [5.41, 5.74) is 2.15. The van der Waals surface area contributed by atoms with Gasteiger partial charge in [0.15, 0.2) is 0 Å². The summed E-state index contributed by atoms with van der Waals surface area (Å²) in [6.07, 6.45) is 3.54. The van der Waals surface area contributed by atoms with Crippen LogP contribution in [0.15, 0.2) is 35.1 Å². The largest absolute Gasteiger partial charge is 0.424 e. The molecule has 5 heteroatoms. The van der Waals surface area contributed by atoms with Gasteiger partial charge in [0.25, 0.3) is 0 Å². The van der Waals surface area contributed by atoms with E-state index in [2.05, 4.69) is 51.1 Å². The van der Waals surface area contributed by atoms with E-state index in [1.807, 2.05) is 19.2 Å². The Kier molecular flexibility index (Phi) is 5.09. The molecule has 0 aliphatic carbocycles. The van der Waals surface area contributed by atoms with Crippen LogP contribution in [0.3, 0.4) is 0 Å². The van der Waals surface area contributed by atoms with Crippen LogP contribution in [0.5, 0.6) is 11.8 Å². The van der Waals surface area contributed by atoms with Crippen molar-refractivity contribution in [1.82, 2.24) is 15.3 Å². The molecule has 0 saturated carbocycles. The van der Waals surface area contributed by atoms with E-state index in [-0.39, 0.29) is 0 Å². The van der Waals surface area contributed by atoms with Gasteiger partial charge >= 0.3 is 6.01 Å². The molecular formula is C15H18BrN3O. The van der Waals surface area contributed by atoms with Crippen LogP contribution in [0.4, 0.5) is 0 Å². The van der Waals surface area contributed by atoms with Gasteiger partial charge in [-0.15, -0.1) is 0 Å². The van der Waals surface area contributed by atoms with Crippen LogP contribution in [-0.4, -0.2) is 17.0 Å². The summed E-state index contributed by atoms with van der Waals surface area (Å²) in [7, 11) is 1.89. The predicted octanol–water partition coefficient (Wildman–Crippen LogP) is 3.87. The third kappa shape index (κ3) is 3.77. The van der Waals surface area contributed by atoms with Gasteiger partial charge in [0, 0.05) is 29.0 Å². The molecule has 1 aromatic heterocycles. The fourth-order valence-corrected chi connectivity index (χ4v) is 2.23. The van der Waals surface area contributed by atoms with Crippen LogP contribution < -0.4 is 10.1 Å². The quantitative estimate of drug-likeness (QED) is 0.900. The molecule has 0 aliphatic rings. The number of rotatable bonds is 5. The minimum absolute atomic E-state index is 0.367. The number of aromatic nitrogens is 2. The highest BCUT2D eigenvalue weighted by Gasteiger charge is 2.10. The van der Waals surface area contributed by atoms with Crippen molar-refractivity contribution in [3.63, 3.8) is 0 Å². The average molecular weight is 336 g/mol. The van der Waals surface area contributed by atoms with E-state index in [4.69, 9.17) is 4.74 Å². The van der Waals surface area contributed by atoms with Crippen LogP contribution in [0.1, 0.15) is 30.9 Å². The normalized spacial score (nSPS) is 10.8. The lowest BCUT2D eigenvalue weighted by atomic mass is 10.0. The summed E-state index contributed by atoms with van der Waals surface area (Å²) >= 11 is 3.48. The lowest BCUT2D eigenvalue weighted by Gasteiger charge is -2.13. The van der Waals surface area contributed by atoms with Gasteiger partial charge in [-0.25, -0.2) is 9.97 Å². The SMILES string of the molecule is CNCc1cnc(Oc2ccc(Br)cc2C(C)C)nc1. The molecule has 0 radical (unpaired) electrons. The van der Waals surface area contributed by atoms with E-state index in [0.717, 1.165) is 27.9 Å². The van der Waals surface area contributed by atoms with Gasteiger partial charge in [0.1, 0.15) is 5.75 Å². The zero-order valence-corrected chi connectivity index (χ0v) is 13.4. The summed E-state index contributed by atoms with van der Waals surface area (Å²) in [6, 6.07) is 6.32. The molecule has 0 atom stereocenters. The first-order chi connectivity index (χ1) is 9.60. The fourth-order valence-electron chi connectivity index (χ4n) is 1.85. The number of nitrogens with zero attached hydrogens (tertiary/aromatic N) is 2. The maximum Gasteiger partial charge on any atom is 0.321 e. The van der Waals surface area contributed by atoms with Crippen LogP contribution >= 0.6 is 15.9 Å². The molecule has 1 aromatic carbocycles. The maximum absolute atomic E-state index is 5.80. The zero-order chi connectivity index (χ0) is 14.5. The van der Waals surface area contributed by atoms with Gasteiger partial charge in [-0.2, -0.15) is 0 Å². The Morgan fingerprint density at radius 3 is 2.55 bits per heavy atom. The fraction of sp³-hybridized carbons (Fsp3) is 0.333. The average Bonchev–Trinajstić information content (AvgIpc) is 2.43. The Morgan fingerprint density at radius 1 is 1.25 bits per heavy atom. The van der Waals surface area contributed by atoms with E-state index in [1.54, 1.807) is 12.4 Å². The van der Waals surface area contributed by atoms with Gasteiger partial charge < -0.3 is 10.1 Å². The van der Waals surface area contributed by atoms with Crippen molar-refractivity contribution in [1.29, 1.82) is 0 Å². The van der Waals surface area contributed by atoms with Gasteiger partial charge in [0.05, 0.1) is 0 Å². The highest BCUT2D eigenvalue weighted by molar-refractivity contribution is 9.10. The predicted molar refractivity (Wildman–Crippen MR) is 83.1 cm³/mol. The molecule has 0 aliphatic heterocycles. The van der Waals surface area contributed by atoms with Crippen LogP contribution in [0, 0.1) is 0 Å². The number of halogens is 1. The molecule has 0 bridgehead atoms. The lowest BCUT2D eigenvalue weighted by molar-refractivity contribution is 0.433. The molecule has 0 saturated heterocycles. The first-order valence-electron chi connectivity index (χ1n) is 6.53. The molecule has 1 heterocycles. The standard InChI is InChI=1S/C15H18BrN3O/c1-10(2)13-6-12(16)4-5-14(13)20-15-18-8-11(7-17-3)9-19-15/h4-6,8-10,17H,7H2,1-3H3. The molecule has 4 nitrogen and oxygen atoms in total. The van der Waals surface area contributed by atoms with Crippen molar-refractivity contribution in [2.75, 3.05) is 7.05 Å². The molecule has 0 unspecified atom stereocenters. The van der Waals surface area contributed by atoms with E-state index in [9.17, 15) is 0 Å². The van der Waals surface area contributed by atoms with Gasteiger partial charge in [-0.05, 0) is 36.7 Å². The number of benzene rings is 1. The molecule has 1 N–H and O–H groups in total. The van der Waals surface area contributed by atoms with E-state index in [0.29, 0.717) is 11.9 Å². The van der Waals surface area contributed by atoms with Crippen LogP contribution in [-0.2, 0) is 6.54 Å². The highest BCUT2D eigenvalue weighted by atomic mass is 79.9. The molecule has 20 heavy (non-hydrogen) atoms. The van der Waals surface area contributed by atoms with Crippen molar-refractivity contribution in [2.45, 2.75) is 26.3 Å². The lowest BCUT2D eigenvalue weighted by Crippen LogP contribution is -2.06. The van der Waals surface area contributed by atoms with Crippen molar-refractivity contribution in [3.8, 4) is 11.8 Å². The first-order valence-corrected chi connectivity index (χ1v) is 7.32. The second-order valence-corrected chi connectivity index (χ2v) is 5.76. The maximum atomic E-state index is 5.80. The van der Waals surface area contributed by atoms with Gasteiger partial charge in [-0.3, -0.25) is 0 Å². The minimum Gasteiger partial charge on any atom is -0.424 e. The summed E-state index contributed by atoms with van der Waals surface area (Å²) in [5.74, 6) is 1.16. The smallest absolute Gasteiger partial charge is 0.321 e. The van der Waals surface area contributed by atoms with Gasteiger partial charge in [-0.1, -0.05) is 29.8 Å². The highest BCUT2D eigenvalue weighted by Crippen LogP contribution is 2.31. The van der Waals surface area contributed by atoms with Gasteiger partial charge in [0.2, 0.25) is 0 Å². The Hall–Kier alpha value is -1.46. The molecule has 2 rings (SSSR count). The number of hydrogen-bond acceptors (Lipinski definition) is 4. The third-order valence-corrected chi connectivity index (χ3v) is 3.35. The first kappa shape index (κ1) is 14.9. The molecule has 0 fully saturated rings. The molecular weight excluding hydrogens is 318 g/mol. The van der Waals surface area contributed by atoms with E-state index in [1.165, 1.54) is 0 Å². The third-order valence-electron chi connectivity index (χ3n) is 2.86. The topological polar surface area (TPSA) is 47.0 Å². The van der Waals surface area contributed by atoms with Crippen molar-refractivity contribution in [3.05, 3.63) is 46.2 Å². The number of hydrogen-bond donors (Lipinski definition) is 1. The molecule has 0 spiro atoms. The Labute approximate surface area is 127 Å². The van der Waals surface area contributed by atoms with Crippen molar-refractivity contribution < 1.29 is 4.74 Å². The Bertz CT molecular complexity index is 570. The monoisotopic (exact) mass is 335 g/mol. The van der Waals surface area contributed by atoms with E-state index < -0.39 is 0 Å². The number of ether oxygens (including phenoxy) is 1. The summed E-state index contributed by atoms with van der Waals surface area (Å²) < 4.78 is 6.84. The summed E-state index contributed by atoms with van der Waals surface area (Å²) in [4.78, 5) is 8.46. The van der Waals surface area contributed by atoms with Crippen molar-refractivity contribution in [2.24, 2.45) is 0 Å². The number of nitrogens with one attached hydrogen (secondary N) is 1. The zero-order valence-electron chi connectivity index (χ0n) is 11.9. The second kappa shape index (κ2) is 6.81. The van der Waals surface area contributed by atoms with Crippen LogP contribution in [0.25, 0.3) is 0 Å². The Balaban J connectivity index is 2.21. The van der Waals surface area contributed by atoms with E-state index >= 15 is 0 Å². The second-order valence-electron chi connectivity index (χ2n) is 4.84. The minimum atomic E-state index is 0.367. The molecule has 0 amide bonds. The molecule has 106 valence electrons. The Morgan fingerprint density at radius 2 is 1.95 bits per heavy atom. The summed E-state index contributed by atoms with van der Waals surface area (Å²) in [6.45, 7) is 5.01. The van der Waals surface area contributed by atoms with Crippen molar-refractivity contribution >= 4 is 15.9 Å².